The Morgan fingerprint density at radius 1 is 1.59 bits per heavy atom. The first-order chi connectivity index (χ1) is 8.22. The minimum absolute atomic E-state index is 0.0661. The standard InChI is InChI=1S/C13H21N3S/c1-3-12(14)13-5-4-10(8-15-13)16(2)11-6-7-17-9-11/h4-5,8,11-12H,3,6-7,9,14H2,1-2H3/t11?,12-/m1/s1. The highest BCUT2D eigenvalue weighted by molar-refractivity contribution is 7.99. The molecule has 0 radical (unpaired) electrons. The fourth-order valence-electron chi connectivity index (χ4n) is 2.07. The second kappa shape index (κ2) is 5.74. The van der Waals surface area contributed by atoms with Crippen LogP contribution in [0.4, 0.5) is 5.69 Å². The van der Waals surface area contributed by atoms with E-state index in [9.17, 15) is 0 Å². The summed E-state index contributed by atoms with van der Waals surface area (Å²) in [6, 6.07) is 4.92. The number of nitrogens with two attached hydrogens (primary N) is 1. The van der Waals surface area contributed by atoms with Crippen molar-refractivity contribution in [1.82, 2.24) is 4.98 Å². The molecule has 3 nitrogen and oxygen atoms in total. The third kappa shape index (κ3) is 2.93. The van der Waals surface area contributed by atoms with E-state index in [1.165, 1.54) is 23.6 Å². The first-order valence-corrected chi connectivity index (χ1v) is 7.40. The third-order valence-corrected chi connectivity index (χ3v) is 4.60. The van der Waals surface area contributed by atoms with Gasteiger partial charge in [-0.3, -0.25) is 4.98 Å². The lowest BCUT2D eigenvalue weighted by Crippen LogP contribution is -2.31. The summed E-state index contributed by atoms with van der Waals surface area (Å²) >= 11 is 2.03. The van der Waals surface area contributed by atoms with Crippen LogP contribution in [0.3, 0.4) is 0 Å². The van der Waals surface area contributed by atoms with Crippen molar-refractivity contribution in [3.63, 3.8) is 0 Å². The fourth-order valence-corrected chi connectivity index (χ4v) is 3.34. The van der Waals surface area contributed by atoms with E-state index in [2.05, 4.69) is 36.0 Å². The molecule has 1 saturated heterocycles. The zero-order valence-corrected chi connectivity index (χ0v) is 11.4. The fraction of sp³-hybridized carbons (Fsp3) is 0.615. The Bertz CT molecular complexity index is 346. The number of pyridine rings is 1. The Labute approximate surface area is 108 Å². The highest BCUT2D eigenvalue weighted by Gasteiger charge is 2.20. The Kier molecular flexibility index (Phi) is 4.29. The summed E-state index contributed by atoms with van der Waals surface area (Å²) in [5, 5.41) is 0. The second-order valence-corrected chi connectivity index (χ2v) is 5.73. The van der Waals surface area contributed by atoms with E-state index in [-0.39, 0.29) is 6.04 Å². The normalized spacial score (nSPS) is 21.5. The van der Waals surface area contributed by atoms with Crippen LogP contribution >= 0.6 is 11.8 Å². The number of thioether (sulfide) groups is 1. The molecule has 1 aliphatic heterocycles. The largest absolute Gasteiger partial charge is 0.370 e. The first-order valence-electron chi connectivity index (χ1n) is 6.24. The predicted octanol–water partition coefficient (Wildman–Crippen LogP) is 2.43. The van der Waals surface area contributed by atoms with Crippen LogP contribution in [0.2, 0.25) is 0 Å². The second-order valence-electron chi connectivity index (χ2n) is 4.58. The van der Waals surface area contributed by atoms with E-state index in [0.29, 0.717) is 6.04 Å². The molecule has 2 rings (SSSR count). The van der Waals surface area contributed by atoms with Gasteiger partial charge in [-0.2, -0.15) is 11.8 Å². The van der Waals surface area contributed by atoms with Crippen molar-refractivity contribution in [3.05, 3.63) is 24.0 Å². The molecule has 1 aromatic heterocycles. The number of hydrogen-bond acceptors (Lipinski definition) is 4. The summed E-state index contributed by atoms with van der Waals surface area (Å²) in [4.78, 5) is 6.81. The molecule has 0 aliphatic carbocycles. The molecule has 4 heteroatoms. The molecule has 2 atom stereocenters. The first kappa shape index (κ1) is 12.7. The Morgan fingerprint density at radius 2 is 2.41 bits per heavy atom. The van der Waals surface area contributed by atoms with Gasteiger partial charge in [0.2, 0.25) is 0 Å². The molecule has 1 fully saturated rings. The molecule has 94 valence electrons. The van der Waals surface area contributed by atoms with Gasteiger partial charge >= 0.3 is 0 Å². The minimum Gasteiger partial charge on any atom is -0.370 e. The molecule has 0 bridgehead atoms. The lowest BCUT2D eigenvalue weighted by molar-refractivity contribution is 0.670. The predicted molar refractivity (Wildman–Crippen MR) is 75.6 cm³/mol. The van der Waals surface area contributed by atoms with Gasteiger partial charge in [0.05, 0.1) is 17.6 Å². The monoisotopic (exact) mass is 251 g/mol. The van der Waals surface area contributed by atoms with Gasteiger partial charge in [-0.25, -0.2) is 0 Å². The summed E-state index contributed by atoms with van der Waals surface area (Å²) in [5.74, 6) is 2.51. The van der Waals surface area contributed by atoms with Gasteiger partial charge in [-0.15, -0.1) is 0 Å². The lowest BCUT2D eigenvalue weighted by atomic mass is 10.1. The van der Waals surface area contributed by atoms with E-state index in [1.807, 2.05) is 18.0 Å². The highest BCUT2D eigenvalue weighted by atomic mass is 32.2. The SMILES string of the molecule is CC[C@@H](N)c1ccc(N(C)C2CCSC2)cn1. The van der Waals surface area contributed by atoms with Crippen molar-refractivity contribution >= 4 is 17.4 Å². The molecular formula is C13H21N3S. The maximum absolute atomic E-state index is 5.96. The average Bonchev–Trinajstić information content (AvgIpc) is 2.91. The van der Waals surface area contributed by atoms with E-state index in [0.717, 1.165) is 12.1 Å². The third-order valence-electron chi connectivity index (χ3n) is 3.45. The van der Waals surface area contributed by atoms with Gasteiger partial charge in [0.15, 0.2) is 0 Å². The quantitative estimate of drug-likeness (QED) is 0.892. The van der Waals surface area contributed by atoms with Crippen molar-refractivity contribution in [3.8, 4) is 0 Å². The minimum atomic E-state index is 0.0661. The number of rotatable bonds is 4. The van der Waals surface area contributed by atoms with Crippen LogP contribution in [0.5, 0.6) is 0 Å². The van der Waals surface area contributed by atoms with Crippen LogP contribution in [-0.2, 0) is 0 Å². The smallest absolute Gasteiger partial charge is 0.0572 e. The summed E-state index contributed by atoms with van der Waals surface area (Å²) in [6.07, 6.45) is 4.16. The molecule has 1 aliphatic rings. The number of nitrogens with zero attached hydrogens (tertiary/aromatic N) is 2. The molecule has 2 heterocycles. The van der Waals surface area contributed by atoms with E-state index in [4.69, 9.17) is 5.73 Å². The van der Waals surface area contributed by atoms with Crippen LogP contribution < -0.4 is 10.6 Å². The van der Waals surface area contributed by atoms with Crippen molar-refractivity contribution in [1.29, 1.82) is 0 Å². The molecule has 17 heavy (non-hydrogen) atoms. The van der Waals surface area contributed by atoms with Crippen molar-refractivity contribution in [2.24, 2.45) is 5.73 Å². The van der Waals surface area contributed by atoms with E-state index < -0.39 is 0 Å². The molecule has 1 unspecified atom stereocenters. The zero-order chi connectivity index (χ0) is 12.3. The van der Waals surface area contributed by atoms with Crippen molar-refractivity contribution in [2.45, 2.75) is 31.8 Å². The lowest BCUT2D eigenvalue weighted by Gasteiger charge is -2.25. The van der Waals surface area contributed by atoms with Crippen LogP contribution in [0.25, 0.3) is 0 Å². The van der Waals surface area contributed by atoms with Crippen LogP contribution in [0.1, 0.15) is 31.5 Å². The molecular weight excluding hydrogens is 230 g/mol. The zero-order valence-electron chi connectivity index (χ0n) is 10.6. The van der Waals surface area contributed by atoms with Gasteiger partial charge in [0, 0.05) is 24.9 Å². The van der Waals surface area contributed by atoms with E-state index in [1.54, 1.807) is 0 Å². The Hall–Kier alpha value is -0.740. The van der Waals surface area contributed by atoms with Crippen LogP contribution in [-0.4, -0.2) is 29.6 Å². The number of aromatic nitrogens is 1. The molecule has 1 aromatic rings. The number of hydrogen-bond donors (Lipinski definition) is 1. The molecule has 0 amide bonds. The molecule has 0 spiro atoms. The maximum Gasteiger partial charge on any atom is 0.0572 e. The summed E-state index contributed by atoms with van der Waals surface area (Å²) in [6.45, 7) is 2.09. The summed E-state index contributed by atoms with van der Waals surface area (Å²) < 4.78 is 0. The van der Waals surface area contributed by atoms with Crippen LogP contribution in [0, 0.1) is 0 Å². The van der Waals surface area contributed by atoms with E-state index >= 15 is 0 Å². The highest BCUT2D eigenvalue weighted by Crippen LogP contribution is 2.25. The summed E-state index contributed by atoms with van der Waals surface area (Å²) in [5.41, 5.74) is 8.15. The van der Waals surface area contributed by atoms with Crippen molar-refractivity contribution in [2.75, 3.05) is 23.5 Å². The topological polar surface area (TPSA) is 42.1 Å². The average molecular weight is 251 g/mol. The number of anilines is 1. The summed E-state index contributed by atoms with van der Waals surface area (Å²) in [7, 11) is 2.16. The molecule has 0 saturated carbocycles. The van der Waals surface area contributed by atoms with Gasteiger partial charge in [-0.05, 0) is 30.7 Å². The Morgan fingerprint density at radius 3 is 2.94 bits per heavy atom. The van der Waals surface area contributed by atoms with Gasteiger partial charge in [0.25, 0.3) is 0 Å². The van der Waals surface area contributed by atoms with Gasteiger partial charge in [0.1, 0.15) is 0 Å². The maximum atomic E-state index is 5.96. The molecule has 0 aromatic carbocycles. The molecule has 2 N–H and O–H groups in total. The Balaban J connectivity index is 2.06. The van der Waals surface area contributed by atoms with Crippen LogP contribution in [0.15, 0.2) is 18.3 Å². The van der Waals surface area contributed by atoms with Gasteiger partial charge in [-0.1, -0.05) is 6.92 Å². The van der Waals surface area contributed by atoms with Gasteiger partial charge < -0.3 is 10.6 Å². The van der Waals surface area contributed by atoms with Crippen molar-refractivity contribution < 1.29 is 0 Å².